The number of carbonyl (C=O) groups is 1. The van der Waals surface area contributed by atoms with Gasteiger partial charge in [0.2, 0.25) is 0 Å². The molecule has 0 spiro atoms. The Bertz CT molecular complexity index is 446. The third-order valence-corrected chi connectivity index (χ3v) is 3.08. The molecule has 0 fully saturated rings. The van der Waals surface area contributed by atoms with E-state index in [9.17, 15) is 9.90 Å². The Balaban J connectivity index is 2.65. The van der Waals surface area contributed by atoms with Crippen LogP contribution < -0.4 is 0 Å². The van der Waals surface area contributed by atoms with Crippen LogP contribution in [-0.4, -0.2) is 10.9 Å². The normalized spacial score (nSPS) is 24.3. The van der Waals surface area contributed by atoms with Gasteiger partial charge in [0.15, 0.2) is 11.4 Å². The van der Waals surface area contributed by atoms with Gasteiger partial charge in [-0.05, 0) is 30.5 Å². The van der Waals surface area contributed by atoms with Crippen LogP contribution in [0.4, 0.5) is 0 Å². The van der Waals surface area contributed by atoms with Crippen LogP contribution >= 0.6 is 0 Å². The van der Waals surface area contributed by atoms with Gasteiger partial charge >= 0.3 is 0 Å². The van der Waals surface area contributed by atoms with Crippen molar-refractivity contribution in [3.8, 4) is 0 Å². The molecule has 15 heavy (non-hydrogen) atoms. The average molecular weight is 202 g/mol. The number of Topliss-reactive ketones (excluding diaryl/α,β-unsaturated/α-hetero) is 1. The Kier molecular flexibility index (Phi) is 2.24. The predicted molar refractivity (Wildman–Crippen MR) is 59.3 cm³/mol. The van der Waals surface area contributed by atoms with Crippen LogP contribution in [0.1, 0.15) is 31.4 Å². The van der Waals surface area contributed by atoms with E-state index in [2.05, 4.69) is 0 Å². The molecule has 0 aromatic heterocycles. The van der Waals surface area contributed by atoms with Gasteiger partial charge in [0.1, 0.15) is 0 Å². The lowest BCUT2D eigenvalue weighted by Gasteiger charge is -2.30. The molecule has 1 unspecified atom stereocenters. The van der Waals surface area contributed by atoms with Gasteiger partial charge in [0, 0.05) is 6.42 Å². The molecule has 0 radical (unpaired) electrons. The van der Waals surface area contributed by atoms with E-state index >= 15 is 0 Å². The molecule has 1 aromatic carbocycles. The third-order valence-electron chi connectivity index (χ3n) is 3.08. The molecule has 2 heteroatoms. The van der Waals surface area contributed by atoms with E-state index in [-0.39, 0.29) is 5.78 Å². The number of fused-ring (bicyclic) bond motifs is 1. The fraction of sp³-hybridized carbons (Fsp3) is 0.308. The number of allylic oxidation sites excluding steroid dienone is 1. The summed E-state index contributed by atoms with van der Waals surface area (Å²) in [7, 11) is 0. The summed E-state index contributed by atoms with van der Waals surface area (Å²) in [6, 6.07) is 7.54. The average Bonchev–Trinajstić information content (AvgIpc) is 2.24. The summed E-state index contributed by atoms with van der Waals surface area (Å²) >= 11 is 0. The highest BCUT2D eigenvalue weighted by molar-refractivity contribution is 5.90. The Morgan fingerprint density at radius 3 is 2.73 bits per heavy atom. The van der Waals surface area contributed by atoms with Gasteiger partial charge in [-0.3, -0.25) is 4.79 Å². The lowest BCUT2D eigenvalue weighted by molar-refractivity contribution is -0.135. The number of rotatable bonds is 1. The lowest BCUT2D eigenvalue weighted by atomic mass is 9.78. The summed E-state index contributed by atoms with van der Waals surface area (Å²) in [6.07, 6.45) is 2.30. The first-order chi connectivity index (χ1) is 7.05. The van der Waals surface area contributed by atoms with E-state index in [1.54, 1.807) is 0 Å². The second-order valence-corrected chi connectivity index (χ2v) is 4.05. The van der Waals surface area contributed by atoms with E-state index in [1.165, 1.54) is 6.92 Å². The van der Waals surface area contributed by atoms with Gasteiger partial charge in [-0.15, -0.1) is 0 Å². The molecule has 1 aromatic rings. The highest BCUT2D eigenvalue weighted by Gasteiger charge is 2.37. The van der Waals surface area contributed by atoms with Crippen LogP contribution in [0.15, 0.2) is 30.3 Å². The molecular formula is C13H14O2. The fourth-order valence-corrected chi connectivity index (χ4v) is 2.04. The van der Waals surface area contributed by atoms with Crippen molar-refractivity contribution in [3.63, 3.8) is 0 Å². The largest absolute Gasteiger partial charge is 0.377 e. The highest BCUT2D eigenvalue weighted by atomic mass is 16.3. The summed E-state index contributed by atoms with van der Waals surface area (Å²) in [5.74, 6) is -0.196. The van der Waals surface area contributed by atoms with Crippen LogP contribution in [0.3, 0.4) is 0 Å². The molecule has 2 nitrogen and oxygen atoms in total. The maximum absolute atomic E-state index is 11.5. The standard InChI is InChI=1S/C13H14O2/c1-9-7-8-13(15,10(2)14)12-6-4-3-5-11(9)12/h3-7,15H,8H2,1-2H3. The number of hydrogen-bond acceptors (Lipinski definition) is 2. The molecule has 0 bridgehead atoms. The van der Waals surface area contributed by atoms with Crippen molar-refractivity contribution in [2.24, 2.45) is 0 Å². The Labute approximate surface area is 89.2 Å². The van der Waals surface area contributed by atoms with Crippen LogP contribution in [0.2, 0.25) is 0 Å². The summed E-state index contributed by atoms with van der Waals surface area (Å²) in [5, 5.41) is 10.3. The monoisotopic (exact) mass is 202 g/mol. The molecular weight excluding hydrogens is 188 g/mol. The zero-order valence-electron chi connectivity index (χ0n) is 8.95. The van der Waals surface area contributed by atoms with Crippen molar-refractivity contribution in [2.75, 3.05) is 0 Å². The summed E-state index contributed by atoms with van der Waals surface area (Å²) in [5.41, 5.74) is 1.51. The highest BCUT2D eigenvalue weighted by Crippen LogP contribution is 2.37. The molecule has 0 aliphatic heterocycles. The minimum absolute atomic E-state index is 0.196. The molecule has 2 rings (SSSR count). The van der Waals surface area contributed by atoms with Crippen LogP contribution in [0.5, 0.6) is 0 Å². The molecule has 0 saturated heterocycles. The number of carbonyl (C=O) groups excluding carboxylic acids is 1. The van der Waals surface area contributed by atoms with E-state index < -0.39 is 5.60 Å². The Hall–Kier alpha value is -1.41. The zero-order chi connectivity index (χ0) is 11.1. The van der Waals surface area contributed by atoms with Crippen molar-refractivity contribution in [2.45, 2.75) is 25.9 Å². The Morgan fingerprint density at radius 2 is 2.07 bits per heavy atom. The van der Waals surface area contributed by atoms with Gasteiger partial charge in [-0.25, -0.2) is 0 Å². The smallest absolute Gasteiger partial charge is 0.166 e. The first-order valence-electron chi connectivity index (χ1n) is 5.06. The second-order valence-electron chi connectivity index (χ2n) is 4.05. The molecule has 0 amide bonds. The SMILES string of the molecule is CC(=O)C1(O)CC=C(C)c2ccccc21. The summed E-state index contributed by atoms with van der Waals surface area (Å²) in [4.78, 5) is 11.5. The zero-order valence-corrected chi connectivity index (χ0v) is 8.95. The number of benzene rings is 1. The number of aliphatic hydroxyl groups is 1. The molecule has 1 N–H and O–H groups in total. The number of hydrogen-bond donors (Lipinski definition) is 1. The minimum atomic E-state index is -1.32. The van der Waals surface area contributed by atoms with E-state index in [4.69, 9.17) is 0 Å². The van der Waals surface area contributed by atoms with Crippen LogP contribution in [0.25, 0.3) is 5.57 Å². The molecule has 0 heterocycles. The molecule has 1 atom stereocenters. The van der Waals surface area contributed by atoms with Gasteiger partial charge in [-0.2, -0.15) is 0 Å². The van der Waals surface area contributed by atoms with Gasteiger partial charge in [0.05, 0.1) is 0 Å². The van der Waals surface area contributed by atoms with Crippen molar-refractivity contribution < 1.29 is 9.90 Å². The molecule has 0 saturated carbocycles. The van der Waals surface area contributed by atoms with Crippen LogP contribution in [-0.2, 0) is 10.4 Å². The van der Waals surface area contributed by atoms with Crippen LogP contribution in [0, 0.1) is 0 Å². The predicted octanol–water partition coefficient (Wildman–Crippen LogP) is 2.27. The third kappa shape index (κ3) is 1.41. The van der Waals surface area contributed by atoms with E-state index in [1.807, 2.05) is 37.3 Å². The van der Waals surface area contributed by atoms with Crippen molar-refractivity contribution >= 4 is 11.4 Å². The van der Waals surface area contributed by atoms with E-state index in [0.29, 0.717) is 6.42 Å². The summed E-state index contributed by atoms with van der Waals surface area (Å²) < 4.78 is 0. The first kappa shape index (κ1) is 10.1. The molecule has 1 aliphatic rings. The van der Waals surface area contributed by atoms with Gasteiger partial charge in [-0.1, -0.05) is 30.3 Å². The Morgan fingerprint density at radius 1 is 1.40 bits per heavy atom. The van der Waals surface area contributed by atoms with Crippen molar-refractivity contribution in [1.29, 1.82) is 0 Å². The summed E-state index contributed by atoms with van der Waals surface area (Å²) in [6.45, 7) is 3.43. The second kappa shape index (κ2) is 3.31. The topological polar surface area (TPSA) is 37.3 Å². The van der Waals surface area contributed by atoms with Gasteiger partial charge < -0.3 is 5.11 Å². The van der Waals surface area contributed by atoms with Crippen molar-refractivity contribution in [3.05, 3.63) is 41.5 Å². The number of ketones is 1. The first-order valence-corrected chi connectivity index (χ1v) is 5.06. The maximum atomic E-state index is 11.5. The fourth-order valence-electron chi connectivity index (χ4n) is 2.04. The lowest BCUT2D eigenvalue weighted by Crippen LogP contribution is -2.35. The van der Waals surface area contributed by atoms with Crippen molar-refractivity contribution in [1.82, 2.24) is 0 Å². The quantitative estimate of drug-likeness (QED) is 0.758. The molecule has 78 valence electrons. The molecule has 1 aliphatic carbocycles. The minimum Gasteiger partial charge on any atom is -0.377 e. The maximum Gasteiger partial charge on any atom is 0.166 e. The van der Waals surface area contributed by atoms with Gasteiger partial charge in [0.25, 0.3) is 0 Å². The van der Waals surface area contributed by atoms with E-state index in [0.717, 1.165) is 16.7 Å².